The molecule has 2 aliphatic rings. The number of nitrogens with zero attached hydrogens (tertiary/aromatic N) is 1. The van der Waals surface area contributed by atoms with Crippen LogP contribution < -0.4 is 11.1 Å². The molecule has 4 nitrogen and oxygen atoms in total. The highest BCUT2D eigenvalue weighted by atomic mass is 19.4. The van der Waals surface area contributed by atoms with E-state index in [-0.39, 0.29) is 11.5 Å². The summed E-state index contributed by atoms with van der Waals surface area (Å²) in [6.45, 7) is 0. The maximum absolute atomic E-state index is 12.5. The van der Waals surface area contributed by atoms with Crippen LogP contribution in [0.1, 0.15) is 41.6 Å². The van der Waals surface area contributed by atoms with Gasteiger partial charge in [-0.2, -0.15) is 13.2 Å². The summed E-state index contributed by atoms with van der Waals surface area (Å²) in [4.78, 5) is 16.4. The Hall–Kier alpha value is -2.57. The number of hydrogen-bond acceptors (Lipinski definition) is 2. The summed E-state index contributed by atoms with van der Waals surface area (Å²) in [7, 11) is 0. The molecule has 7 heteroatoms. The van der Waals surface area contributed by atoms with Crippen LogP contribution in [0.5, 0.6) is 0 Å². The van der Waals surface area contributed by atoms with Gasteiger partial charge in [0.1, 0.15) is 0 Å². The number of allylic oxidation sites excluding steroid dienone is 3. The number of hydrogen-bond donors (Lipinski definition) is 2. The van der Waals surface area contributed by atoms with Gasteiger partial charge >= 0.3 is 6.18 Å². The van der Waals surface area contributed by atoms with E-state index in [1.165, 1.54) is 5.57 Å². The minimum absolute atomic E-state index is 0.0652. The predicted octanol–water partition coefficient (Wildman–Crippen LogP) is 3.76. The fraction of sp³-hybridized carbons (Fsp3) is 0.333. The third-order valence-corrected chi connectivity index (χ3v) is 4.21. The summed E-state index contributed by atoms with van der Waals surface area (Å²) in [5.74, 6) is -0.102. The minimum atomic E-state index is -4.44. The lowest BCUT2D eigenvalue weighted by Gasteiger charge is -2.13. The molecule has 3 rings (SSSR count). The first-order valence-corrected chi connectivity index (χ1v) is 8.07. The van der Waals surface area contributed by atoms with Gasteiger partial charge in [-0.3, -0.25) is 10.1 Å². The molecule has 2 aliphatic carbocycles. The normalized spacial score (nSPS) is 18.4. The zero-order valence-electron chi connectivity index (χ0n) is 13.4. The van der Waals surface area contributed by atoms with E-state index in [2.05, 4.69) is 10.3 Å². The Morgan fingerprint density at radius 1 is 1.20 bits per heavy atom. The van der Waals surface area contributed by atoms with Crippen LogP contribution in [0.3, 0.4) is 0 Å². The fourth-order valence-corrected chi connectivity index (χ4v) is 2.78. The Morgan fingerprint density at radius 3 is 2.48 bits per heavy atom. The lowest BCUT2D eigenvalue weighted by Crippen LogP contribution is -2.36. The number of nitrogens with two attached hydrogens (primary N) is 1. The van der Waals surface area contributed by atoms with E-state index in [0.29, 0.717) is 5.92 Å². The number of amides is 1. The van der Waals surface area contributed by atoms with Crippen molar-refractivity contribution in [3.8, 4) is 0 Å². The first-order valence-electron chi connectivity index (χ1n) is 8.07. The molecule has 0 aromatic heterocycles. The number of nitrogens with one attached hydrogen (secondary N) is 1. The Kier molecular flexibility index (Phi) is 4.65. The standard InChI is InChI=1S/C18H18F3N3O/c19-18(20,21)13-9-7-12(8-10-13)16(25)24-17(22)23-15-4-2-1-3-14(15)11-5-6-11/h2,4,7-11H,1,3,5-6H2,(H3,22,23,24,25). The first kappa shape index (κ1) is 17.3. The summed E-state index contributed by atoms with van der Waals surface area (Å²) in [5, 5.41) is 2.42. The van der Waals surface area contributed by atoms with Gasteiger partial charge in [0.25, 0.3) is 5.91 Å². The molecule has 1 fully saturated rings. The molecule has 0 radical (unpaired) electrons. The van der Waals surface area contributed by atoms with Gasteiger partial charge in [0, 0.05) is 5.56 Å². The maximum atomic E-state index is 12.5. The molecule has 0 heterocycles. The summed E-state index contributed by atoms with van der Waals surface area (Å²) in [5.41, 5.74) is 7.11. The predicted molar refractivity (Wildman–Crippen MR) is 88.7 cm³/mol. The van der Waals surface area contributed by atoms with Gasteiger partial charge in [0.2, 0.25) is 5.96 Å². The highest BCUT2D eigenvalue weighted by Crippen LogP contribution is 2.42. The van der Waals surface area contributed by atoms with Gasteiger partial charge in [0.05, 0.1) is 11.3 Å². The van der Waals surface area contributed by atoms with Gasteiger partial charge in [-0.1, -0.05) is 6.08 Å². The monoisotopic (exact) mass is 349 g/mol. The van der Waals surface area contributed by atoms with Crippen LogP contribution in [-0.4, -0.2) is 11.9 Å². The molecule has 0 bridgehead atoms. The number of aliphatic imine (C=N–C) groups is 1. The molecular weight excluding hydrogens is 331 g/mol. The zero-order valence-corrected chi connectivity index (χ0v) is 13.4. The second kappa shape index (κ2) is 6.74. The summed E-state index contributed by atoms with van der Waals surface area (Å²) in [6.07, 6.45) is 3.70. The van der Waals surface area contributed by atoms with Gasteiger partial charge in [-0.25, -0.2) is 4.99 Å². The molecule has 132 valence electrons. The van der Waals surface area contributed by atoms with E-state index >= 15 is 0 Å². The van der Waals surface area contributed by atoms with E-state index < -0.39 is 17.6 Å². The summed E-state index contributed by atoms with van der Waals surface area (Å²) in [6, 6.07) is 3.95. The molecule has 1 amide bonds. The van der Waals surface area contributed by atoms with Gasteiger partial charge in [-0.15, -0.1) is 0 Å². The number of rotatable bonds is 3. The minimum Gasteiger partial charge on any atom is -0.369 e. The number of carbonyl (C=O) groups is 1. The quantitative estimate of drug-likeness (QED) is 0.644. The third kappa shape index (κ3) is 4.29. The number of carbonyl (C=O) groups excluding carboxylic acids is 1. The number of guanidine groups is 1. The van der Waals surface area contributed by atoms with Crippen molar-refractivity contribution in [1.82, 2.24) is 5.32 Å². The third-order valence-electron chi connectivity index (χ3n) is 4.21. The molecule has 1 aromatic carbocycles. The second-order valence-electron chi connectivity index (χ2n) is 6.15. The van der Waals surface area contributed by atoms with E-state index in [4.69, 9.17) is 5.73 Å². The van der Waals surface area contributed by atoms with Crippen molar-refractivity contribution in [3.05, 3.63) is 58.8 Å². The summed E-state index contributed by atoms with van der Waals surface area (Å²) < 4.78 is 37.6. The van der Waals surface area contributed by atoms with E-state index in [0.717, 1.165) is 55.6 Å². The van der Waals surface area contributed by atoms with Crippen LogP contribution in [0.2, 0.25) is 0 Å². The largest absolute Gasteiger partial charge is 0.416 e. The number of halogens is 3. The molecular formula is C18H18F3N3O. The SMILES string of the molecule is NC(=NC1=C(C2CC2)CCC=C1)NC(=O)c1ccc(C(F)(F)F)cc1. The summed E-state index contributed by atoms with van der Waals surface area (Å²) >= 11 is 0. The number of alkyl halides is 3. The lowest BCUT2D eigenvalue weighted by molar-refractivity contribution is -0.137. The molecule has 0 spiro atoms. The van der Waals surface area contributed by atoms with Gasteiger partial charge in [-0.05, 0) is 67.5 Å². The highest BCUT2D eigenvalue weighted by molar-refractivity contribution is 6.05. The van der Waals surface area contributed by atoms with Crippen molar-refractivity contribution in [2.45, 2.75) is 31.9 Å². The van der Waals surface area contributed by atoms with Crippen LogP contribution in [-0.2, 0) is 6.18 Å². The van der Waals surface area contributed by atoms with E-state index in [1.807, 2.05) is 12.2 Å². The van der Waals surface area contributed by atoms with Crippen LogP contribution in [0.15, 0.2) is 52.7 Å². The molecule has 0 aliphatic heterocycles. The Balaban J connectivity index is 1.71. The molecule has 0 saturated heterocycles. The average Bonchev–Trinajstić information content (AvgIpc) is 3.39. The lowest BCUT2D eigenvalue weighted by atomic mass is 9.98. The second-order valence-corrected chi connectivity index (χ2v) is 6.15. The zero-order chi connectivity index (χ0) is 18.0. The highest BCUT2D eigenvalue weighted by Gasteiger charge is 2.30. The van der Waals surface area contributed by atoms with Crippen LogP contribution in [0.4, 0.5) is 13.2 Å². The van der Waals surface area contributed by atoms with Gasteiger partial charge < -0.3 is 5.73 Å². The van der Waals surface area contributed by atoms with Crippen molar-refractivity contribution in [1.29, 1.82) is 0 Å². The Morgan fingerprint density at radius 2 is 1.88 bits per heavy atom. The molecule has 1 aromatic rings. The van der Waals surface area contributed by atoms with Crippen LogP contribution in [0, 0.1) is 5.92 Å². The molecule has 0 unspecified atom stereocenters. The molecule has 25 heavy (non-hydrogen) atoms. The first-order chi connectivity index (χ1) is 11.8. The topological polar surface area (TPSA) is 67.5 Å². The van der Waals surface area contributed by atoms with Crippen molar-refractivity contribution in [2.75, 3.05) is 0 Å². The fourth-order valence-electron chi connectivity index (χ4n) is 2.78. The molecule has 0 atom stereocenters. The van der Waals surface area contributed by atoms with E-state index in [1.54, 1.807) is 0 Å². The smallest absolute Gasteiger partial charge is 0.369 e. The van der Waals surface area contributed by atoms with Gasteiger partial charge in [0.15, 0.2) is 0 Å². The molecule has 1 saturated carbocycles. The van der Waals surface area contributed by atoms with Crippen molar-refractivity contribution >= 4 is 11.9 Å². The average molecular weight is 349 g/mol. The van der Waals surface area contributed by atoms with Crippen LogP contribution in [0.25, 0.3) is 0 Å². The number of benzene rings is 1. The van der Waals surface area contributed by atoms with E-state index in [9.17, 15) is 18.0 Å². The Bertz CT molecular complexity index is 757. The van der Waals surface area contributed by atoms with Crippen molar-refractivity contribution in [2.24, 2.45) is 16.6 Å². The van der Waals surface area contributed by atoms with Crippen molar-refractivity contribution in [3.63, 3.8) is 0 Å². The molecule has 3 N–H and O–H groups in total. The maximum Gasteiger partial charge on any atom is 0.416 e. The van der Waals surface area contributed by atoms with Crippen molar-refractivity contribution < 1.29 is 18.0 Å². The van der Waals surface area contributed by atoms with Crippen LogP contribution >= 0.6 is 0 Å². The Labute approximate surface area is 143 Å².